The minimum atomic E-state index is 0.0130. The first kappa shape index (κ1) is 11.8. The van der Waals surface area contributed by atoms with Gasteiger partial charge in [0.2, 0.25) is 0 Å². The molecule has 1 N–H and O–H groups in total. The second kappa shape index (κ2) is 4.51. The highest BCUT2D eigenvalue weighted by atomic mass is 14.9. The second-order valence-corrected chi connectivity index (χ2v) is 4.76. The molecule has 0 aromatic heterocycles. The van der Waals surface area contributed by atoms with Crippen molar-refractivity contribution < 1.29 is 0 Å². The fraction of sp³-hybridized carbons (Fsp3) is 0.429. The van der Waals surface area contributed by atoms with Crippen molar-refractivity contribution in [3.8, 4) is 12.3 Å². The van der Waals surface area contributed by atoms with Gasteiger partial charge in [0.15, 0.2) is 0 Å². The Kier molecular flexibility index (Phi) is 3.55. The van der Waals surface area contributed by atoms with Gasteiger partial charge in [-0.2, -0.15) is 0 Å². The molecule has 0 aliphatic carbocycles. The molecule has 0 heterocycles. The molecule has 1 unspecified atom stereocenters. The quantitative estimate of drug-likeness (QED) is 0.725. The highest BCUT2D eigenvalue weighted by molar-refractivity contribution is 5.32. The molecular weight excluding hydrogens is 182 g/mol. The van der Waals surface area contributed by atoms with Crippen LogP contribution in [0.25, 0.3) is 0 Å². The number of hydrogen-bond acceptors (Lipinski definition) is 1. The van der Waals surface area contributed by atoms with Crippen LogP contribution < -0.4 is 5.32 Å². The summed E-state index contributed by atoms with van der Waals surface area (Å²) in [6.07, 6.45) is 5.43. The van der Waals surface area contributed by atoms with E-state index >= 15 is 0 Å². The third-order valence-electron chi connectivity index (χ3n) is 2.57. The van der Waals surface area contributed by atoms with E-state index in [0.29, 0.717) is 0 Å². The molecule has 1 nitrogen and oxygen atoms in total. The molecular formula is C14H19N. The number of nitrogens with one attached hydrogen (secondary N) is 1. The van der Waals surface area contributed by atoms with Crippen LogP contribution >= 0.6 is 0 Å². The van der Waals surface area contributed by atoms with Gasteiger partial charge in [-0.15, -0.1) is 6.42 Å². The molecule has 0 saturated carbocycles. The summed E-state index contributed by atoms with van der Waals surface area (Å²) in [5, 5.41) is 3.09. The molecule has 0 bridgehead atoms. The minimum absolute atomic E-state index is 0.0130. The topological polar surface area (TPSA) is 12.0 Å². The van der Waals surface area contributed by atoms with Crippen LogP contribution in [0.3, 0.4) is 0 Å². The summed E-state index contributed by atoms with van der Waals surface area (Å²) < 4.78 is 0. The van der Waals surface area contributed by atoms with Gasteiger partial charge in [0, 0.05) is 0 Å². The average molecular weight is 201 g/mol. The van der Waals surface area contributed by atoms with Crippen LogP contribution in [0.2, 0.25) is 0 Å². The van der Waals surface area contributed by atoms with E-state index in [-0.39, 0.29) is 11.5 Å². The van der Waals surface area contributed by atoms with Crippen LogP contribution in [0.4, 0.5) is 0 Å². The molecule has 0 aliphatic rings. The fourth-order valence-electron chi connectivity index (χ4n) is 1.52. The first-order chi connectivity index (χ1) is 6.99. The van der Waals surface area contributed by atoms with E-state index in [1.165, 1.54) is 5.56 Å². The Morgan fingerprint density at radius 3 is 2.07 bits per heavy atom. The molecule has 1 atom stereocenters. The van der Waals surface area contributed by atoms with Crippen LogP contribution in [0, 0.1) is 12.3 Å². The predicted molar refractivity (Wildman–Crippen MR) is 65.8 cm³/mol. The summed E-state index contributed by atoms with van der Waals surface area (Å²) >= 11 is 0. The van der Waals surface area contributed by atoms with E-state index in [1.54, 1.807) is 0 Å². The zero-order chi connectivity index (χ0) is 11.5. The van der Waals surface area contributed by atoms with Gasteiger partial charge < -0.3 is 5.32 Å². The van der Waals surface area contributed by atoms with E-state index in [2.05, 4.69) is 56.3 Å². The van der Waals surface area contributed by atoms with E-state index in [4.69, 9.17) is 6.42 Å². The molecule has 1 aromatic carbocycles. The molecule has 1 rings (SSSR count). The molecule has 0 spiro atoms. The number of benzene rings is 1. The van der Waals surface area contributed by atoms with Gasteiger partial charge in [-0.3, -0.25) is 0 Å². The van der Waals surface area contributed by atoms with Gasteiger partial charge in [0.1, 0.15) is 0 Å². The van der Waals surface area contributed by atoms with Crippen molar-refractivity contribution in [1.82, 2.24) is 5.32 Å². The lowest BCUT2D eigenvalue weighted by molar-refractivity contribution is 0.589. The van der Waals surface area contributed by atoms with Crippen molar-refractivity contribution in [1.29, 1.82) is 0 Å². The Morgan fingerprint density at radius 1 is 1.20 bits per heavy atom. The van der Waals surface area contributed by atoms with E-state index in [1.807, 2.05) is 7.05 Å². The molecule has 1 heteroatoms. The van der Waals surface area contributed by atoms with Crippen LogP contribution in [-0.4, -0.2) is 7.05 Å². The molecule has 1 aromatic rings. The number of hydrogen-bond donors (Lipinski definition) is 1. The van der Waals surface area contributed by atoms with Crippen molar-refractivity contribution in [2.45, 2.75) is 32.2 Å². The van der Waals surface area contributed by atoms with Crippen molar-refractivity contribution in [2.24, 2.45) is 0 Å². The highest BCUT2D eigenvalue weighted by Gasteiger charge is 2.13. The van der Waals surface area contributed by atoms with Crippen LogP contribution in [0.5, 0.6) is 0 Å². The van der Waals surface area contributed by atoms with Gasteiger partial charge in [-0.1, -0.05) is 51.0 Å². The van der Waals surface area contributed by atoms with Crippen LogP contribution in [0.15, 0.2) is 24.3 Å². The lowest BCUT2D eigenvalue weighted by Crippen LogP contribution is -2.15. The summed E-state index contributed by atoms with van der Waals surface area (Å²) in [5.41, 5.74) is 2.68. The SMILES string of the molecule is C#CC(NC)c1ccc(C(C)(C)C)cc1. The lowest BCUT2D eigenvalue weighted by Gasteiger charge is -2.20. The Bertz CT molecular complexity index is 348. The molecule has 0 amide bonds. The van der Waals surface area contributed by atoms with Crippen molar-refractivity contribution >= 4 is 0 Å². The summed E-state index contributed by atoms with van der Waals surface area (Å²) in [7, 11) is 1.88. The third kappa shape index (κ3) is 2.84. The fourth-order valence-corrected chi connectivity index (χ4v) is 1.52. The summed E-state index contributed by atoms with van der Waals surface area (Å²) in [6, 6.07) is 8.51. The maximum absolute atomic E-state index is 5.43. The Hall–Kier alpha value is -1.26. The molecule has 80 valence electrons. The van der Waals surface area contributed by atoms with Crippen molar-refractivity contribution in [3.05, 3.63) is 35.4 Å². The zero-order valence-electron chi connectivity index (χ0n) is 9.96. The van der Waals surface area contributed by atoms with E-state index in [0.717, 1.165) is 5.56 Å². The van der Waals surface area contributed by atoms with E-state index < -0.39 is 0 Å². The monoisotopic (exact) mass is 201 g/mol. The molecule has 15 heavy (non-hydrogen) atoms. The molecule has 0 aliphatic heterocycles. The normalized spacial score (nSPS) is 13.3. The second-order valence-electron chi connectivity index (χ2n) is 4.76. The number of terminal acetylenes is 1. The van der Waals surface area contributed by atoms with Gasteiger partial charge >= 0.3 is 0 Å². The Morgan fingerprint density at radius 2 is 1.73 bits per heavy atom. The summed E-state index contributed by atoms with van der Waals surface area (Å²) in [6.45, 7) is 6.62. The molecule has 0 saturated heterocycles. The first-order valence-corrected chi connectivity index (χ1v) is 5.23. The first-order valence-electron chi connectivity index (χ1n) is 5.23. The standard InChI is InChI=1S/C14H19N/c1-6-13(15-5)11-7-9-12(10-8-11)14(2,3)4/h1,7-10,13,15H,2-5H3. The Labute approximate surface area is 92.9 Å². The average Bonchev–Trinajstić information content (AvgIpc) is 2.19. The van der Waals surface area contributed by atoms with Crippen molar-refractivity contribution in [2.75, 3.05) is 7.05 Å². The van der Waals surface area contributed by atoms with Gasteiger partial charge in [0.05, 0.1) is 6.04 Å². The van der Waals surface area contributed by atoms with E-state index in [9.17, 15) is 0 Å². The Balaban J connectivity index is 2.96. The predicted octanol–water partition coefficient (Wildman–Crippen LogP) is 2.88. The minimum Gasteiger partial charge on any atom is -0.303 e. The summed E-state index contributed by atoms with van der Waals surface area (Å²) in [5.74, 6) is 2.72. The largest absolute Gasteiger partial charge is 0.303 e. The van der Waals surface area contributed by atoms with Crippen molar-refractivity contribution in [3.63, 3.8) is 0 Å². The summed E-state index contributed by atoms with van der Waals surface area (Å²) in [4.78, 5) is 0. The smallest absolute Gasteiger partial charge is 0.0940 e. The molecule has 0 fully saturated rings. The van der Waals surface area contributed by atoms with Gasteiger partial charge in [0.25, 0.3) is 0 Å². The molecule has 0 radical (unpaired) electrons. The van der Waals surface area contributed by atoms with Crippen LogP contribution in [-0.2, 0) is 5.41 Å². The zero-order valence-corrected chi connectivity index (χ0v) is 9.96. The highest BCUT2D eigenvalue weighted by Crippen LogP contribution is 2.23. The van der Waals surface area contributed by atoms with Gasteiger partial charge in [-0.25, -0.2) is 0 Å². The lowest BCUT2D eigenvalue weighted by atomic mass is 9.86. The third-order valence-corrected chi connectivity index (χ3v) is 2.57. The maximum atomic E-state index is 5.43. The van der Waals surface area contributed by atoms with Crippen LogP contribution in [0.1, 0.15) is 37.9 Å². The maximum Gasteiger partial charge on any atom is 0.0940 e. The van der Waals surface area contributed by atoms with Gasteiger partial charge in [-0.05, 0) is 23.6 Å². The number of rotatable bonds is 2.